The van der Waals surface area contributed by atoms with E-state index < -0.39 is 16.1 Å². The predicted octanol–water partition coefficient (Wildman–Crippen LogP) is 3.62. The molecule has 0 saturated heterocycles. The van der Waals surface area contributed by atoms with Crippen molar-refractivity contribution in [2.75, 3.05) is 11.1 Å². The second kappa shape index (κ2) is 8.64. The highest BCUT2D eigenvalue weighted by molar-refractivity contribution is 7.90. The van der Waals surface area contributed by atoms with E-state index in [0.717, 1.165) is 44.2 Å². The van der Waals surface area contributed by atoms with Crippen LogP contribution in [0, 0.1) is 0 Å². The van der Waals surface area contributed by atoms with Gasteiger partial charge in [-0.2, -0.15) is 0 Å². The zero-order chi connectivity index (χ0) is 21.3. The number of nitrogens with one attached hydrogen (secondary N) is 2. The van der Waals surface area contributed by atoms with Gasteiger partial charge in [-0.3, -0.25) is 4.90 Å². The minimum atomic E-state index is -3.74. The second-order valence-corrected chi connectivity index (χ2v) is 10.8. The second-order valence-electron chi connectivity index (χ2n) is 9.06. The SMILES string of the molecule is CC(C)N(C(C)C)C(C)CS(=O)(=O)NC(=O)Nc1c2c(cc3c1CCC3)CCC2. The Labute approximate surface area is 175 Å². The number of hydrogen-bond donors (Lipinski definition) is 2. The lowest BCUT2D eigenvalue weighted by Crippen LogP contribution is -2.49. The van der Waals surface area contributed by atoms with Gasteiger partial charge in [0, 0.05) is 23.8 Å². The van der Waals surface area contributed by atoms with E-state index in [1.807, 2.05) is 6.92 Å². The molecule has 1 aromatic carbocycles. The number of carbonyl (C=O) groups excluding carboxylic acids is 1. The number of urea groups is 1. The van der Waals surface area contributed by atoms with E-state index in [2.05, 4.69) is 48.7 Å². The number of fused-ring (bicyclic) bond motifs is 2. The predicted molar refractivity (Wildman–Crippen MR) is 118 cm³/mol. The number of sulfonamides is 1. The molecule has 2 aliphatic rings. The van der Waals surface area contributed by atoms with Gasteiger partial charge in [0.15, 0.2) is 0 Å². The Morgan fingerprint density at radius 1 is 0.966 bits per heavy atom. The maximum atomic E-state index is 12.7. The van der Waals surface area contributed by atoms with Gasteiger partial charge in [0.05, 0.1) is 5.75 Å². The highest BCUT2D eigenvalue weighted by Gasteiger charge is 2.28. The molecule has 162 valence electrons. The Kier molecular flexibility index (Phi) is 6.58. The lowest BCUT2D eigenvalue weighted by Gasteiger charge is -2.36. The number of benzene rings is 1. The van der Waals surface area contributed by atoms with Crippen molar-refractivity contribution >= 4 is 21.7 Å². The fourth-order valence-electron chi connectivity index (χ4n) is 5.31. The molecule has 3 rings (SSSR count). The van der Waals surface area contributed by atoms with Gasteiger partial charge < -0.3 is 5.32 Å². The van der Waals surface area contributed by atoms with Gasteiger partial charge in [-0.1, -0.05) is 6.07 Å². The summed E-state index contributed by atoms with van der Waals surface area (Å²) in [4.78, 5) is 14.8. The van der Waals surface area contributed by atoms with Crippen LogP contribution < -0.4 is 10.0 Å². The molecule has 0 spiro atoms. The fourth-order valence-corrected chi connectivity index (χ4v) is 6.53. The van der Waals surface area contributed by atoms with Crippen LogP contribution in [0.3, 0.4) is 0 Å². The number of amides is 2. The topological polar surface area (TPSA) is 78.5 Å². The Bertz CT molecular complexity index is 838. The molecule has 0 bridgehead atoms. The van der Waals surface area contributed by atoms with E-state index in [-0.39, 0.29) is 23.9 Å². The van der Waals surface area contributed by atoms with E-state index in [4.69, 9.17) is 0 Å². The number of rotatable bonds is 7. The van der Waals surface area contributed by atoms with Crippen LogP contribution in [-0.4, -0.2) is 43.2 Å². The van der Waals surface area contributed by atoms with Gasteiger partial charge >= 0.3 is 6.03 Å². The summed E-state index contributed by atoms with van der Waals surface area (Å²) in [5, 5.41) is 2.90. The molecule has 1 unspecified atom stereocenters. The first kappa shape index (κ1) is 22.1. The molecular weight excluding hydrogens is 386 g/mol. The van der Waals surface area contributed by atoms with E-state index in [0.29, 0.717) is 0 Å². The third kappa shape index (κ3) is 4.94. The summed E-state index contributed by atoms with van der Waals surface area (Å²) in [5.41, 5.74) is 5.86. The number of carbonyl (C=O) groups is 1. The number of hydrogen-bond acceptors (Lipinski definition) is 4. The van der Waals surface area contributed by atoms with E-state index in [9.17, 15) is 13.2 Å². The Morgan fingerprint density at radius 2 is 1.48 bits per heavy atom. The van der Waals surface area contributed by atoms with Crippen molar-refractivity contribution in [3.05, 3.63) is 28.3 Å². The first-order valence-electron chi connectivity index (χ1n) is 10.8. The number of aryl methyl sites for hydroxylation is 2. The quantitative estimate of drug-likeness (QED) is 0.705. The van der Waals surface area contributed by atoms with Crippen molar-refractivity contribution < 1.29 is 13.2 Å². The molecule has 1 atom stereocenters. The van der Waals surface area contributed by atoms with Gasteiger partial charge in [0.1, 0.15) is 0 Å². The molecule has 2 amide bonds. The van der Waals surface area contributed by atoms with Gasteiger partial charge in [-0.05, 0) is 95.4 Å². The molecule has 2 aliphatic carbocycles. The highest BCUT2D eigenvalue weighted by atomic mass is 32.2. The molecule has 6 nitrogen and oxygen atoms in total. The smallest absolute Gasteiger partial charge is 0.307 e. The summed E-state index contributed by atoms with van der Waals surface area (Å²) >= 11 is 0. The van der Waals surface area contributed by atoms with Crippen LogP contribution in [-0.2, 0) is 35.7 Å². The molecule has 0 saturated carbocycles. The first-order valence-corrected chi connectivity index (χ1v) is 12.5. The normalized spacial score (nSPS) is 17.0. The summed E-state index contributed by atoms with van der Waals surface area (Å²) in [5.74, 6) is -0.109. The largest absolute Gasteiger partial charge is 0.332 e. The Hall–Kier alpha value is -1.60. The zero-order valence-corrected chi connectivity index (χ0v) is 19.2. The van der Waals surface area contributed by atoms with E-state index in [1.165, 1.54) is 22.3 Å². The Morgan fingerprint density at radius 3 is 1.97 bits per heavy atom. The van der Waals surface area contributed by atoms with Crippen LogP contribution in [0.1, 0.15) is 69.7 Å². The fraction of sp³-hybridized carbons (Fsp3) is 0.682. The summed E-state index contributed by atoms with van der Waals surface area (Å²) in [7, 11) is -3.74. The lowest BCUT2D eigenvalue weighted by molar-refractivity contribution is 0.134. The van der Waals surface area contributed by atoms with Crippen molar-refractivity contribution in [3.63, 3.8) is 0 Å². The molecule has 1 aromatic rings. The van der Waals surface area contributed by atoms with Crippen LogP contribution >= 0.6 is 0 Å². The molecule has 0 aliphatic heterocycles. The van der Waals surface area contributed by atoms with Crippen LogP contribution in [0.25, 0.3) is 0 Å². The minimum absolute atomic E-state index is 0.109. The summed E-state index contributed by atoms with van der Waals surface area (Å²) in [6.45, 7) is 10.1. The number of anilines is 1. The third-order valence-electron chi connectivity index (χ3n) is 6.12. The van der Waals surface area contributed by atoms with Crippen LogP contribution in [0.4, 0.5) is 10.5 Å². The van der Waals surface area contributed by atoms with E-state index in [1.54, 1.807) is 0 Å². The van der Waals surface area contributed by atoms with E-state index >= 15 is 0 Å². The van der Waals surface area contributed by atoms with Crippen molar-refractivity contribution in [3.8, 4) is 0 Å². The van der Waals surface area contributed by atoms with Crippen molar-refractivity contribution in [1.29, 1.82) is 0 Å². The maximum absolute atomic E-state index is 12.7. The molecule has 0 radical (unpaired) electrons. The Balaban J connectivity index is 1.71. The summed E-state index contributed by atoms with van der Waals surface area (Å²) < 4.78 is 27.6. The molecule has 0 fully saturated rings. The van der Waals surface area contributed by atoms with Gasteiger partial charge in [0.25, 0.3) is 0 Å². The molecule has 29 heavy (non-hydrogen) atoms. The minimum Gasteiger partial charge on any atom is -0.307 e. The maximum Gasteiger partial charge on any atom is 0.332 e. The first-order chi connectivity index (χ1) is 13.6. The van der Waals surface area contributed by atoms with Gasteiger partial charge in [0.2, 0.25) is 10.0 Å². The molecule has 2 N–H and O–H groups in total. The molecule has 0 heterocycles. The standard InChI is InChI=1S/C22H35N3O3S/c1-14(2)25(15(3)4)16(5)13-29(27,28)24-22(26)23-21-19-10-6-8-17(19)12-18-9-7-11-20(18)21/h12,14-16H,6-11,13H2,1-5H3,(H2,23,24,26). The molecule has 7 heteroatoms. The van der Waals surface area contributed by atoms with Gasteiger partial charge in [-0.15, -0.1) is 0 Å². The molecular formula is C22H35N3O3S. The lowest BCUT2D eigenvalue weighted by atomic mass is 9.99. The summed E-state index contributed by atoms with van der Waals surface area (Å²) in [6, 6.07) is 1.91. The zero-order valence-electron chi connectivity index (χ0n) is 18.3. The summed E-state index contributed by atoms with van der Waals surface area (Å²) in [6.07, 6.45) is 6.14. The average molecular weight is 422 g/mol. The average Bonchev–Trinajstić information content (AvgIpc) is 3.21. The van der Waals surface area contributed by atoms with Crippen LogP contribution in [0.2, 0.25) is 0 Å². The van der Waals surface area contributed by atoms with Crippen LogP contribution in [0.15, 0.2) is 6.07 Å². The van der Waals surface area contributed by atoms with Crippen LogP contribution in [0.5, 0.6) is 0 Å². The van der Waals surface area contributed by atoms with Gasteiger partial charge in [-0.25, -0.2) is 17.9 Å². The van der Waals surface area contributed by atoms with Crippen molar-refractivity contribution in [2.45, 2.75) is 91.3 Å². The van der Waals surface area contributed by atoms with Crippen molar-refractivity contribution in [1.82, 2.24) is 9.62 Å². The highest BCUT2D eigenvalue weighted by Crippen LogP contribution is 2.38. The molecule has 0 aromatic heterocycles. The van der Waals surface area contributed by atoms with Crippen molar-refractivity contribution in [2.24, 2.45) is 0 Å². The number of nitrogens with zero attached hydrogens (tertiary/aromatic N) is 1. The monoisotopic (exact) mass is 421 g/mol. The third-order valence-corrected chi connectivity index (χ3v) is 7.54.